The average Bonchev–Trinajstić information content (AvgIpc) is 3.04. The van der Waals surface area contributed by atoms with E-state index in [1.165, 1.54) is 23.1 Å². The molecule has 0 unspecified atom stereocenters. The third-order valence-corrected chi connectivity index (χ3v) is 5.12. The molecule has 3 rings (SSSR count). The molecule has 152 valence electrons. The van der Waals surface area contributed by atoms with Crippen molar-refractivity contribution in [3.05, 3.63) is 50.9 Å². The van der Waals surface area contributed by atoms with Crippen LogP contribution in [0.3, 0.4) is 0 Å². The van der Waals surface area contributed by atoms with Gasteiger partial charge in [0.2, 0.25) is 5.91 Å². The second-order valence-electron chi connectivity index (χ2n) is 7.01. The monoisotopic (exact) mass is 414 g/mol. The number of thiazole rings is 1. The van der Waals surface area contributed by atoms with Gasteiger partial charge in [0.1, 0.15) is 0 Å². The fourth-order valence-corrected chi connectivity index (χ4v) is 3.77. The van der Waals surface area contributed by atoms with Crippen LogP contribution in [0.4, 0.5) is 5.13 Å². The Morgan fingerprint density at radius 1 is 1.24 bits per heavy atom. The van der Waals surface area contributed by atoms with Gasteiger partial charge < -0.3 is 10.1 Å². The number of esters is 1. The number of carbonyl (C=O) groups excluding carboxylic acids is 2. The molecule has 2 aromatic heterocycles. The van der Waals surface area contributed by atoms with E-state index in [1.54, 1.807) is 25.1 Å². The van der Waals surface area contributed by atoms with Gasteiger partial charge in [-0.05, 0) is 18.9 Å². The van der Waals surface area contributed by atoms with Crippen LogP contribution in [0.1, 0.15) is 34.9 Å². The van der Waals surface area contributed by atoms with E-state index in [9.17, 15) is 14.4 Å². The molecule has 0 radical (unpaired) electrons. The number of nitrogens with zero attached hydrogens (tertiary/aromatic N) is 3. The number of benzene rings is 1. The molecule has 0 saturated heterocycles. The van der Waals surface area contributed by atoms with Crippen molar-refractivity contribution in [3.63, 3.8) is 0 Å². The summed E-state index contributed by atoms with van der Waals surface area (Å²) < 4.78 is 6.10. The molecular formula is C20H22N4O4S. The van der Waals surface area contributed by atoms with Gasteiger partial charge in [-0.1, -0.05) is 32.0 Å². The van der Waals surface area contributed by atoms with Gasteiger partial charge >= 0.3 is 5.97 Å². The van der Waals surface area contributed by atoms with Crippen molar-refractivity contribution in [3.8, 4) is 0 Å². The molecule has 9 heteroatoms. The Bertz CT molecular complexity index is 1130. The highest BCUT2D eigenvalue weighted by Crippen LogP contribution is 2.23. The van der Waals surface area contributed by atoms with Crippen molar-refractivity contribution >= 4 is 39.1 Å². The van der Waals surface area contributed by atoms with E-state index in [2.05, 4.69) is 20.1 Å². The van der Waals surface area contributed by atoms with Crippen LogP contribution in [-0.2, 0) is 22.5 Å². The largest absolute Gasteiger partial charge is 0.464 e. The summed E-state index contributed by atoms with van der Waals surface area (Å²) >= 11 is 1.20. The van der Waals surface area contributed by atoms with Crippen molar-refractivity contribution in [2.75, 3.05) is 12.4 Å². The molecule has 0 spiro atoms. The Morgan fingerprint density at radius 2 is 1.93 bits per heavy atom. The Morgan fingerprint density at radius 3 is 2.59 bits per heavy atom. The lowest BCUT2D eigenvalue weighted by Crippen LogP contribution is -2.28. The lowest BCUT2D eigenvalue weighted by atomic mass is 10.1. The van der Waals surface area contributed by atoms with Crippen molar-refractivity contribution < 1.29 is 14.3 Å². The minimum absolute atomic E-state index is 0.0227. The number of fused-ring (bicyclic) bond motifs is 1. The second-order valence-corrected chi connectivity index (χ2v) is 8.22. The molecule has 0 fully saturated rings. The third-order valence-electron chi connectivity index (χ3n) is 4.23. The molecule has 0 bridgehead atoms. The van der Waals surface area contributed by atoms with Gasteiger partial charge in [-0.3, -0.25) is 9.59 Å². The molecule has 1 aromatic carbocycles. The van der Waals surface area contributed by atoms with E-state index in [1.807, 2.05) is 19.9 Å². The zero-order valence-electron chi connectivity index (χ0n) is 16.7. The van der Waals surface area contributed by atoms with E-state index < -0.39 is 5.97 Å². The number of ether oxygens (including phenoxy) is 1. The van der Waals surface area contributed by atoms with Gasteiger partial charge in [0.25, 0.3) is 5.56 Å². The molecular weight excluding hydrogens is 392 g/mol. The summed E-state index contributed by atoms with van der Waals surface area (Å²) in [6.07, 6.45) is -0.0227. The lowest BCUT2D eigenvalue weighted by molar-refractivity contribution is -0.115. The summed E-state index contributed by atoms with van der Waals surface area (Å²) in [4.78, 5) is 41.8. The summed E-state index contributed by atoms with van der Waals surface area (Å²) in [6.45, 7) is 6.20. The van der Waals surface area contributed by atoms with Crippen LogP contribution in [0.5, 0.6) is 0 Å². The highest BCUT2D eigenvalue weighted by atomic mass is 32.1. The second kappa shape index (κ2) is 8.52. The number of aromatic nitrogens is 3. The average molecular weight is 414 g/mol. The standard InChI is InChI=1S/C20H22N4O4S/c1-11(2)10-24-18(26)14-8-6-5-7-13(14)15(23-24)9-16(25)21-20-22-17(12(3)29-20)19(27)28-4/h5-8,11H,9-10H2,1-4H3,(H,21,22,25). The van der Waals surface area contributed by atoms with Crippen LogP contribution in [-0.4, -0.2) is 33.8 Å². The first kappa shape index (κ1) is 20.7. The first-order chi connectivity index (χ1) is 13.8. The summed E-state index contributed by atoms with van der Waals surface area (Å²) in [5, 5.41) is 8.64. The molecule has 0 atom stereocenters. The Kier molecular flexibility index (Phi) is 6.07. The normalized spacial score (nSPS) is 11.1. The van der Waals surface area contributed by atoms with Gasteiger partial charge in [0.05, 0.1) is 24.6 Å². The van der Waals surface area contributed by atoms with Crippen molar-refractivity contribution in [2.45, 2.75) is 33.7 Å². The maximum Gasteiger partial charge on any atom is 0.357 e. The van der Waals surface area contributed by atoms with Crippen molar-refractivity contribution in [1.29, 1.82) is 0 Å². The van der Waals surface area contributed by atoms with E-state index in [0.29, 0.717) is 33.0 Å². The molecule has 1 N–H and O–H groups in total. The smallest absolute Gasteiger partial charge is 0.357 e. The van der Waals surface area contributed by atoms with Crippen LogP contribution >= 0.6 is 11.3 Å². The number of methoxy groups -OCH3 is 1. The first-order valence-corrected chi connectivity index (χ1v) is 9.96. The topological polar surface area (TPSA) is 103 Å². The fourth-order valence-electron chi connectivity index (χ4n) is 2.96. The van der Waals surface area contributed by atoms with Crippen LogP contribution in [0.2, 0.25) is 0 Å². The molecule has 8 nitrogen and oxygen atoms in total. The van der Waals surface area contributed by atoms with Crippen molar-refractivity contribution in [2.24, 2.45) is 5.92 Å². The molecule has 29 heavy (non-hydrogen) atoms. The minimum Gasteiger partial charge on any atom is -0.464 e. The van der Waals surface area contributed by atoms with Gasteiger partial charge in [0.15, 0.2) is 10.8 Å². The van der Waals surface area contributed by atoms with Gasteiger partial charge in [-0.2, -0.15) is 5.10 Å². The summed E-state index contributed by atoms with van der Waals surface area (Å²) in [5.74, 6) is -0.645. The number of rotatable bonds is 6. The van der Waals surface area contributed by atoms with Gasteiger partial charge in [-0.25, -0.2) is 14.5 Å². The summed E-state index contributed by atoms with van der Waals surface area (Å²) in [5.41, 5.74) is 0.526. The van der Waals surface area contributed by atoms with Gasteiger partial charge in [-0.15, -0.1) is 11.3 Å². The Hall–Kier alpha value is -3.07. The molecule has 2 heterocycles. The number of anilines is 1. The van der Waals surface area contributed by atoms with E-state index in [4.69, 9.17) is 0 Å². The fraction of sp³-hybridized carbons (Fsp3) is 0.350. The zero-order valence-corrected chi connectivity index (χ0v) is 17.5. The SMILES string of the molecule is COC(=O)c1nc(NC(=O)Cc2nn(CC(C)C)c(=O)c3ccccc23)sc1C. The summed E-state index contributed by atoms with van der Waals surface area (Å²) in [6, 6.07) is 7.13. The highest BCUT2D eigenvalue weighted by molar-refractivity contribution is 7.16. The number of amides is 1. The number of hydrogen-bond donors (Lipinski definition) is 1. The van der Waals surface area contributed by atoms with Crippen LogP contribution in [0.25, 0.3) is 10.8 Å². The third kappa shape index (κ3) is 4.51. The predicted molar refractivity (Wildman–Crippen MR) is 111 cm³/mol. The predicted octanol–water partition coefficient (Wildman–Crippen LogP) is 2.79. The number of aryl methyl sites for hydroxylation is 1. The molecule has 3 aromatic rings. The van der Waals surface area contributed by atoms with Crippen LogP contribution in [0, 0.1) is 12.8 Å². The number of hydrogen-bond acceptors (Lipinski definition) is 7. The first-order valence-electron chi connectivity index (χ1n) is 9.14. The number of nitrogens with one attached hydrogen (secondary N) is 1. The molecule has 1 amide bonds. The van der Waals surface area contributed by atoms with Gasteiger partial charge in [0, 0.05) is 16.8 Å². The molecule has 0 aliphatic carbocycles. The zero-order chi connectivity index (χ0) is 21.1. The molecule has 0 saturated carbocycles. The Labute approximate surface area is 171 Å². The molecule has 0 aliphatic rings. The minimum atomic E-state index is -0.548. The van der Waals surface area contributed by atoms with E-state index >= 15 is 0 Å². The summed E-state index contributed by atoms with van der Waals surface area (Å²) in [7, 11) is 1.28. The van der Waals surface area contributed by atoms with Crippen LogP contribution < -0.4 is 10.9 Å². The van der Waals surface area contributed by atoms with E-state index in [-0.39, 0.29) is 29.5 Å². The Balaban J connectivity index is 1.89. The van der Waals surface area contributed by atoms with E-state index in [0.717, 1.165) is 0 Å². The quantitative estimate of drug-likeness (QED) is 0.622. The van der Waals surface area contributed by atoms with Crippen molar-refractivity contribution in [1.82, 2.24) is 14.8 Å². The maximum atomic E-state index is 12.7. The van der Waals surface area contributed by atoms with Crippen LogP contribution in [0.15, 0.2) is 29.1 Å². The maximum absolute atomic E-state index is 12.7. The number of carbonyl (C=O) groups is 2. The molecule has 0 aliphatic heterocycles. The lowest BCUT2D eigenvalue weighted by Gasteiger charge is -2.12. The highest BCUT2D eigenvalue weighted by Gasteiger charge is 2.19.